The van der Waals surface area contributed by atoms with Crippen molar-refractivity contribution in [3.05, 3.63) is 30.1 Å². The number of aliphatic imine (C=N–C) groups is 1. The minimum absolute atomic E-state index is 0.461. The zero-order valence-corrected chi connectivity index (χ0v) is 10.6. The number of carboxylic acids is 1. The third-order valence-corrected chi connectivity index (χ3v) is 2.05. The highest BCUT2D eigenvalue weighted by molar-refractivity contribution is 5.82. The van der Waals surface area contributed by atoms with Crippen molar-refractivity contribution in [2.24, 2.45) is 16.5 Å². The van der Waals surface area contributed by atoms with Gasteiger partial charge in [-0.05, 0) is 25.5 Å². The van der Waals surface area contributed by atoms with E-state index in [-0.39, 0.29) is 0 Å². The molecule has 7 heteroatoms. The van der Waals surface area contributed by atoms with Crippen LogP contribution in [0.2, 0.25) is 0 Å². The average molecular weight is 265 g/mol. The number of carbonyl (C=O) groups is 1. The molecule has 1 aromatic heterocycles. The molecule has 1 atom stereocenters. The Morgan fingerprint density at radius 3 is 2.79 bits per heavy atom. The second-order valence-corrected chi connectivity index (χ2v) is 3.52. The Morgan fingerprint density at radius 2 is 2.32 bits per heavy atom. The minimum atomic E-state index is -0.923. The lowest BCUT2D eigenvalue weighted by Gasteiger charge is -2.05. The third kappa shape index (κ3) is 8.44. The van der Waals surface area contributed by atoms with Crippen molar-refractivity contribution in [3.8, 4) is 0 Å². The molecule has 1 unspecified atom stereocenters. The van der Waals surface area contributed by atoms with Crippen molar-refractivity contribution < 1.29 is 9.90 Å². The maximum absolute atomic E-state index is 10.9. The fraction of sp³-hybridized carbons (Fsp3) is 0.333. The lowest BCUT2D eigenvalue weighted by molar-refractivity contribution is -0.138. The summed E-state index contributed by atoms with van der Waals surface area (Å²) in [5.41, 5.74) is 10.5. The number of nitrogens with one attached hydrogen (secondary N) is 1. The van der Waals surface area contributed by atoms with Crippen LogP contribution in [-0.4, -0.2) is 41.2 Å². The van der Waals surface area contributed by atoms with E-state index in [2.05, 4.69) is 15.7 Å². The number of nitrogens with zero attached hydrogens (tertiary/aromatic N) is 2. The number of carboxylic acid groups (broad SMARTS) is 1. The van der Waals surface area contributed by atoms with Gasteiger partial charge in [-0.2, -0.15) is 0 Å². The molecule has 0 saturated heterocycles. The van der Waals surface area contributed by atoms with Crippen LogP contribution >= 0.6 is 0 Å². The highest BCUT2D eigenvalue weighted by Gasteiger charge is 2.13. The molecule has 1 heterocycles. The van der Waals surface area contributed by atoms with Gasteiger partial charge in [0.25, 0.3) is 0 Å². The Hall–Kier alpha value is -2.28. The molecule has 0 saturated carbocycles. The van der Waals surface area contributed by atoms with Gasteiger partial charge in [0.15, 0.2) is 0 Å². The average Bonchev–Trinajstić information content (AvgIpc) is 2.40. The standard InChI is InChI=1S/C11H15N3O2.CH4N2/c12-5-1-4-10(11(15)16)14-8-9-3-2-6-13-7-9;2-1-3/h2-3,6-8,10H,1,4-5,12H2,(H,15,16);1H,(H3,2,3). The molecule has 104 valence electrons. The van der Waals surface area contributed by atoms with Crippen molar-refractivity contribution in [2.45, 2.75) is 18.9 Å². The summed E-state index contributed by atoms with van der Waals surface area (Å²) in [5, 5.41) is 14.8. The highest BCUT2D eigenvalue weighted by Crippen LogP contribution is 2.02. The Labute approximate surface area is 111 Å². The second kappa shape index (κ2) is 10.8. The molecule has 0 aliphatic heterocycles. The van der Waals surface area contributed by atoms with Crippen molar-refractivity contribution >= 4 is 18.5 Å². The van der Waals surface area contributed by atoms with Crippen molar-refractivity contribution in [1.82, 2.24) is 4.98 Å². The topological polar surface area (TPSA) is 138 Å². The molecule has 0 aliphatic carbocycles. The van der Waals surface area contributed by atoms with Crippen LogP contribution in [0.5, 0.6) is 0 Å². The molecule has 0 spiro atoms. The fourth-order valence-electron chi connectivity index (χ4n) is 1.20. The lowest BCUT2D eigenvalue weighted by atomic mass is 10.1. The van der Waals surface area contributed by atoms with Crippen LogP contribution in [0, 0.1) is 5.41 Å². The van der Waals surface area contributed by atoms with E-state index >= 15 is 0 Å². The molecule has 19 heavy (non-hydrogen) atoms. The SMILES string of the molecule is N=CN.NCCCC(N=Cc1cccnc1)C(=O)O. The second-order valence-electron chi connectivity index (χ2n) is 3.52. The van der Waals surface area contributed by atoms with Crippen molar-refractivity contribution in [2.75, 3.05) is 6.54 Å². The fourth-order valence-corrected chi connectivity index (χ4v) is 1.20. The molecule has 0 fully saturated rings. The maximum Gasteiger partial charge on any atom is 0.328 e. The highest BCUT2D eigenvalue weighted by atomic mass is 16.4. The van der Waals surface area contributed by atoms with Gasteiger partial charge in [-0.3, -0.25) is 15.4 Å². The summed E-state index contributed by atoms with van der Waals surface area (Å²) in [6.45, 7) is 0.478. The predicted octanol–water partition coefficient (Wildman–Crippen LogP) is 0.245. The lowest BCUT2D eigenvalue weighted by Crippen LogP contribution is -2.19. The van der Waals surface area contributed by atoms with Gasteiger partial charge in [0.1, 0.15) is 6.04 Å². The van der Waals surface area contributed by atoms with E-state index in [9.17, 15) is 4.79 Å². The zero-order valence-electron chi connectivity index (χ0n) is 10.6. The number of aromatic nitrogens is 1. The summed E-state index contributed by atoms with van der Waals surface area (Å²) in [6.07, 6.45) is 6.68. The van der Waals surface area contributed by atoms with E-state index in [4.69, 9.17) is 16.2 Å². The molecule has 1 rings (SSSR count). The van der Waals surface area contributed by atoms with Crippen LogP contribution in [0.4, 0.5) is 0 Å². The first-order chi connectivity index (χ1) is 9.15. The van der Waals surface area contributed by atoms with Crippen molar-refractivity contribution in [3.63, 3.8) is 0 Å². The summed E-state index contributed by atoms with van der Waals surface area (Å²) in [6, 6.07) is 2.87. The van der Waals surface area contributed by atoms with Gasteiger partial charge in [0.2, 0.25) is 0 Å². The first kappa shape index (κ1) is 16.7. The van der Waals surface area contributed by atoms with Crippen LogP contribution in [-0.2, 0) is 4.79 Å². The Morgan fingerprint density at radius 1 is 1.63 bits per heavy atom. The van der Waals surface area contributed by atoms with Crippen LogP contribution < -0.4 is 11.5 Å². The molecular weight excluding hydrogens is 246 g/mol. The summed E-state index contributed by atoms with van der Waals surface area (Å²) in [4.78, 5) is 18.8. The van der Waals surface area contributed by atoms with E-state index in [1.54, 1.807) is 18.5 Å². The molecule has 0 bridgehead atoms. The Balaban J connectivity index is 0.000000982. The number of nitrogens with two attached hydrogens (primary N) is 2. The molecule has 6 N–H and O–H groups in total. The smallest absolute Gasteiger partial charge is 0.328 e. The predicted molar refractivity (Wildman–Crippen MR) is 74.5 cm³/mol. The van der Waals surface area contributed by atoms with Gasteiger partial charge >= 0.3 is 5.97 Å². The molecule has 0 amide bonds. The van der Waals surface area contributed by atoms with Crippen LogP contribution in [0.25, 0.3) is 0 Å². The summed E-state index contributed by atoms with van der Waals surface area (Å²) < 4.78 is 0. The first-order valence-electron chi connectivity index (χ1n) is 5.72. The van der Waals surface area contributed by atoms with E-state index in [1.165, 1.54) is 6.21 Å². The summed E-state index contributed by atoms with van der Waals surface area (Å²) in [7, 11) is 0. The summed E-state index contributed by atoms with van der Waals surface area (Å²) in [5.74, 6) is -0.923. The first-order valence-corrected chi connectivity index (χ1v) is 5.72. The monoisotopic (exact) mass is 265 g/mol. The number of aliphatic carboxylic acids is 1. The zero-order chi connectivity index (χ0) is 14.5. The van der Waals surface area contributed by atoms with Crippen LogP contribution in [0.15, 0.2) is 29.5 Å². The van der Waals surface area contributed by atoms with Crippen LogP contribution in [0.3, 0.4) is 0 Å². The number of pyridine rings is 1. The quantitative estimate of drug-likeness (QED) is 0.431. The number of hydrogen-bond acceptors (Lipinski definition) is 5. The normalized spacial score (nSPS) is 11.4. The number of hydrogen-bond donors (Lipinski definition) is 4. The summed E-state index contributed by atoms with van der Waals surface area (Å²) >= 11 is 0. The van der Waals surface area contributed by atoms with Gasteiger partial charge in [0, 0.05) is 24.2 Å². The third-order valence-electron chi connectivity index (χ3n) is 2.05. The van der Waals surface area contributed by atoms with Gasteiger partial charge in [-0.15, -0.1) is 0 Å². The van der Waals surface area contributed by atoms with Crippen LogP contribution in [0.1, 0.15) is 18.4 Å². The number of rotatable bonds is 6. The molecule has 0 aliphatic rings. The van der Waals surface area contributed by atoms with Gasteiger partial charge in [-0.25, -0.2) is 4.79 Å². The molecule has 7 nitrogen and oxygen atoms in total. The molecule has 0 radical (unpaired) electrons. The van der Waals surface area contributed by atoms with E-state index in [0.717, 1.165) is 11.9 Å². The van der Waals surface area contributed by atoms with Gasteiger partial charge in [-0.1, -0.05) is 6.07 Å². The largest absolute Gasteiger partial charge is 0.480 e. The molecule has 1 aromatic rings. The maximum atomic E-state index is 10.9. The van der Waals surface area contributed by atoms with Gasteiger partial charge < -0.3 is 16.6 Å². The van der Waals surface area contributed by atoms with E-state index < -0.39 is 12.0 Å². The molecular formula is C12H19N5O2. The van der Waals surface area contributed by atoms with Crippen molar-refractivity contribution in [1.29, 1.82) is 5.41 Å². The molecule has 0 aromatic carbocycles. The Bertz CT molecular complexity index is 394. The van der Waals surface area contributed by atoms with E-state index in [0.29, 0.717) is 19.4 Å². The van der Waals surface area contributed by atoms with E-state index in [1.807, 2.05) is 6.07 Å². The van der Waals surface area contributed by atoms with Gasteiger partial charge in [0.05, 0.1) is 6.34 Å². The minimum Gasteiger partial charge on any atom is -0.480 e. The Kier molecular flexibility index (Phi) is 9.55.